The van der Waals surface area contributed by atoms with Crippen LogP contribution < -0.4 is 49.1 Å². The summed E-state index contributed by atoms with van der Waals surface area (Å²) in [6.45, 7) is 0.876. The number of benzene rings is 4. The molecule has 19 heteroatoms. The molecule has 0 spiro atoms. The van der Waals surface area contributed by atoms with Crippen LogP contribution in [0, 0.1) is 0 Å². The van der Waals surface area contributed by atoms with Crippen LogP contribution in [0.2, 0.25) is 0 Å². The third-order valence-electron chi connectivity index (χ3n) is 10.7. The van der Waals surface area contributed by atoms with Gasteiger partial charge < -0.3 is 59.1 Å². The van der Waals surface area contributed by atoms with Crippen LogP contribution in [0.5, 0.6) is 0 Å². The van der Waals surface area contributed by atoms with Crippen molar-refractivity contribution in [2.75, 3.05) is 32.8 Å². The number of carbonyl (C=O) groups is 7. The van der Waals surface area contributed by atoms with Gasteiger partial charge in [-0.05, 0) is 42.0 Å². The molecule has 0 unspecified atom stereocenters. The molecule has 4 aromatic carbocycles. The first kappa shape index (κ1) is 53.0. The Bertz CT molecular complexity index is 2270. The molecule has 13 N–H and O–H groups in total. The number of nitrogens with one attached hydrogen (secondary N) is 6. The summed E-state index contributed by atoms with van der Waals surface area (Å²) in [6, 6.07) is 29.5. The summed E-state index contributed by atoms with van der Waals surface area (Å²) in [4.78, 5) is 101. The molecule has 0 aliphatic carbocycles. The van der Waals surface area contributed by atoms with E-state index in [0.717, 1.165) is 11.1 Å². The van der Waals surface area contributed by atoms with Gasteiger partial charge in [0.05, 0.1) is 19.7 Å². The number of likely N-dealkylation sites (N-methyl/N-ethyl adjacent to an activating group) is 1. The summed E-state index contributed by atoms with van der Waals surface area (Å²) >= 11 is 0. The molecule has 0 bridgehead atoms. The Hall–Kier alpha value is -7.64. The Balaban J connectivity index is 1.59. The van der Waals surface area contributed by atoms with E-state index in [0.29, 0.717) is 24.2 Å². The van der Waals surface area contributed by atoms with Crippen LogP contribution in [-0.4, -0.2) is 120 Å². The number of aliphatic hydroxyl groups is 1. The molecule has 0 saturated heterocycles. The third kappa shape index (κ3) is 18.3. The molecular weight excluding hydrogens is 871 g/mol. The lowest BCUT2D eigenvalue weighted by Gasteiger charge is -2.29. The van der Waals surface area contributed by atoms with E-state index >= 15 is 0 Å². The van der Waals surface area contributed by atoms with E-state index in [1.807, 2.05) is 67.6 Å². The average Bonchev–Trinajstić information content (AvgIpc) is 3.35. The van der Waals surface area contributed by atoms with E-state index in [-0.39, 0.29) is 57.1 Å². The van der Waals surface area contributed by atoms with Gasteiger partial charge in [-0.2, -0.15) is 0 Å². The molecule has 362 valence electrons. The quantitative estimate of drug-likeness (QED) is 0.0203. The minimum atomic E-state index is -1.61. The van der Waals surface area contributed by atoms with Crippen molar-refractivity contribution in [2.24, 2.45) is 22.2 Å². The fraction of sp³-hybridized carbons (Fsp3) is 0.347. The zero-order chi connectivity index (χ0) is 49.3. The van der Waals surface area contributed by atoms with Crippen LogP contribution in [0.3, 0.4) is 0 Å². The van der Waals surface area contributed by atoms with E-state index < -0.39 is 78.8 Å². The van der Waals surface area contributed by atoms with Gasteiger partial charge in [0.25, 0.3) is 0 Å². The molecule has 0 saturated carbocycles. The number of aliphatic hydroxyl groups excluding tert-OH is 1. The first-order valence-corrected chi connectivity index (χ1v) is 22.4. The highest BCUT2D eigenvalue weighted by Crippen LogP contribution is 2.13. The number of amides is 7. The lowest BCUT2D eigenvalue weighted by atomic mass is 10.0. The molecule has 5 atom stereocenters. The molecule has 0 aliphatic heterocycles. The number of hydrogen-bond acceptors (Lipinski definition) is 10. The van der Waals surface area contributed by atoms with Crippen LogP contribution in [0.15, 0.2) is 126 Å². The van der Waals surface area contributed by atoms with Crippen molar-refractivity contribution in [1.29, 1.82) is 0 Å². The third-order valence-corrected chi connectivity index (χ3v) is 10.7. The topological polar surface area (TPSA) is 306 Å². The van der Waals surface area contributed by atoms with Gasteiger partial charge in [0.15, 0.2) is 5.96 Å². The second kappa shape index (κ2) is 28.4. The second-order valence-corrected chi connectivity index (χ2v) is 15.9. The van der Waals surface area contributed by atoms with Crippen LogP contribution in [0.4, 0.5) is 0 Å². The second-order valence-electron chi connectivity index (χ2n) is 15.9. The highest BCUT2D eigenvalue weighted by atomic mass is 16.3. The number of carbonyl (C=O) groups excluding carboxylic acids is 7. The Morgan fingerprint density at radius 2 is 0.971 bits per heavy atom. The Kier molecular flexibility index (Phi) is 22.1. The monoisotopic (exact) mass is 933 g/mol. The van der Waals surface area contributed by atoms with Gasteiger partial charge >= 0.3 is 0 Å². The van der Waals surface area contributed by atoms with Gasteiger partial charge in [-0.1, -0.05) is 121 Å². The van der Waals surface area contributed by atoms with Crippen molar-refractivity contribution in [3.8, 4) is 0 Å². The summed E-state index contributed by atoms with van der Waals surface area (Å²) in [6.07, 6.45) is 0.308. The maximum absolute atomic E-state index is 14.4. The van der Waals surface area contributed by atoms with Crippen LogP contribution in [0.25, 0.3) is 0 Å². The average molecular weight is 934 g/mol. The zero-order valence-corrected chi connectivity index (χ0v) is 38.1. The van der Waals surface area contributed by atoms with E-state index in [1.54, 1.807) is 65.6 Å². The molecule has 0 fully saturated rings. The van der Waals surface area contributed by atoms with Gasteiger partial charge in [0, 0.05) is 38.9 Å². The van der Waals surface area contributed by atoms with Gasteiger partial charge in [0.2, 0.25) is 41.4 Å². The fourth-order valence-corrected chi connectivity index (χ4v) is 7.09. The lowest BCUT2D eigenvalue weighted by molar-refractivity contribution is -0.138. The standard InChI is InChI=1S/C49H63N11O8/c1-2-60(31-36-22-13-6-14-23-36)48(68)40(28-35-20-11-5-12-21-35)58-44(64)37(24-15-25-53-49(51)52)56-46(66)39(27-34-18-9-4-10-19-34)57-47(67)41(32-61)59-45(65)38(26-33-16-7-3-8-17-33)55-43(63)30-54-42(62)29-50/h3-14,16-23,37-41,61H,2,15,24-32,50H2,1H3,(H,54,62)(H,55,63)(H,56,66)(H,57,67)(H,58,64)(H,59,65)(H4,51,52,53)/t37-,38-,39-,40-,41-/m0/s1. The predicted molar refractivity (Wildman–Crippen MR) is 257 cm³/mol. The summed E-state index contributed by atoms with van der Waals surface area (Å²) in [5, 5.41) is 26.1. The number of guanidine groups is 1. The van der Waals surface area contributed by atoms with Crippen molar-refractivity contribution in [3.05, 3.63) is 144 Å². The van der Waals surface area contributed by atoms with E-state index in [1.165, 1.54) is 0 Å². The molecule has 0 heterocycles. The maximum Gasteiger partial charge on any atom is 0.245 e. The van der Waals surface area contributed by atoms with Crippen molar-refractivity contribution in [2.45, 2.75) is 75.8 Å². The highest BCUT2D eigenvalue weighted by Gasteiger charge is 2.33. The predicted octanol–water partition coefficient (Wildman–Crippen LogP) is -0.692. The Labute approximate surface area is 396 Å². The minimum absolute atomic E-state index is 0.0179. The van der Waals surface area contributed by atoms with E-state index in [4.69, 9.17) is 17.2 Å². The SMILES string of the molecule is CCN(Cc1ccccc1)C(=O)[C@H](Cc1ccccc1)NC(=O)[C@H](CCCN=C(N)N)NC(=O)[C@H](Cc1ccccc1)NC(=O)[C@H](CO)NC(=O)[C@H](Cc1ccccc1)NC(=O)CNC(=O)CN. The van der Waals surface area contributed by atoms with Crippen molar-refractivity contribution in [1.82, 2.24) is 36.8 Å². The van der Waals surface area contributed by atoms with Crippen molar-refractivity contribution < 1.29 is 38.7 Å². The minimum Gasteiger partial charge on any atom is -0.394 e. The van der Waals surface area contributed by atoms with E-state index in [2.05, 4.69) is 36.9 Å². The van der Waals surface area contributed by atoms with Gasteiger partial charge in [0.1, 0.15) is 30.2 Å². The van der Waals surface area contributed by atoms with Crippen molar-refractivity contribution in [3.63, 3.8) is 0 Å². The maximum atomic E-state index is 14.4. The number of aliphatic imine (C=N–C) groups is 1. The molecular formula is C49H63N11O8. The van der Waals surface area contributed by atoms with Crippen LogP contribution in [0.1, 0.15) is 42.0 Å². The molecule has 0 aliphatic rings. The summed E-state index contributed by atoms with van der Waals surface area (Å²) in [5.41, 5.74) is 19.4. The van der Waals surface area contributed by atoms with Gasteiger partial charge in [-0.15, -0.1) is 0 Å². The van der Waals surface area contributed by atoms with Gasteiger partial charge in [-0.25, -0.2) is 0 Å². The first-order valence-electron chi connectivity index (χ1n) is 22.4. The largest absolute Gasteiger partial charge is 0.394 e. The molecule has 7 amide bonds. The van der Waals surface area contributed by atoms with Gasteiger partial charge in [-0.3, -0.25) is 38.6 Å². The number of nitrogens with zero attached hydrogens (tertiary/aromatic N) is 2. The van der Waals surface area contributed by atoms with Crippen molar-refractivity contribution >= 4 is 47.3 Å². The fourth-order valence-electron chi connectivity index (χ4n) is 7.09. The molecule has 4 rings (SSSR count). The zero-order valence-electron chi connectivity index (χ0n) is 38.1. The number of rotatable bonds is 27. The molecule has 19 nitrogen and oxygen atoms in total. The summed E-state index contributed by atoms with van der Waals surface area (Å²) < 4.78 is 0. The Morgan fingerprint density at radius 1 is 0.559 bits per heavy atom. The lowest BCUT2D eigenvalue weighted by Crippen LogP contribution is -2.60. The Morgan fingerprint density at radius 3 is 1.44 bits per heavy atom. The van der Waals surface area contributed by atoms with E-state index in [9.17, 15) is 38.7 Å². The van der Waals surface area contributed by atoms with Crippen LogP contribution >= 0.6 is 0 Å². The summed E-state index contributed by atoms with van der Waals surface area (Å²) in [7, 11) is 0. The molecule has 0 radical (unpaired) electrons. The molecule has 68 heavy (non-hydrogen) atoms. The number of hydrogen-bond donors (Lipinski definition) is 10. The van der Waals surface area contributed by atoms with Crippen LogP contribution in [-0.2, 0) is 59.4 Å². The normalized spacial score (nSPS) is 12.9. The smallest absolute Gasteiger partial charge is 0.245 e. The summed E-state index contributed by atoms with van der Waals surface area (Å²) in [5.74, 6) is -5.05. The molecule has 4 aromatic rings. The number of nitrogens with two attached hydrogens (primary N) is 3. The highest BCUT2D eigenvalue weighted by molar-refractivity contribution is 5.97. The first-order chi connectivity index (χ1) is 32.8. The molecule has 0 aromatic heterocycles.